The molecule has 0 spiro atoms. The van der Waals surface area contributed by atoms with Gasteiger partial charge in [0.2, 0.25) is 5.91 Å². The highest BCUT2D eigenvalue weighted by atomic mass is 32.2. The molecule has 0 bridgehead atoms. The van der Waals surface area contributed by atoms with Crippen LogP contribution in [0.1, 0.15) is 4.88 Å². The van der Waals surface area contributed by atoms with E-state index >= 15 is 0 Å². The summed E-state index contributed by atoms with van der Waals surface area (Å²) in [7, 11) is 0. The van der Waals surface area contributed by atoms with Crippen LogP contribution >= 0.6 is 23.1 Å². The number of amides is 2. The first kappa shape index (κ1) is 15.0. The zero-order chi connectivity index (χ0) is 15.9. The smallest absolute Gasteiger partial charge is 0.355 e. The Morgan fingerprint density at radius 2 is 2.27 bits per heavy atom. The molecule has 1 aromatic heterocycles. The first-order valence-corrected chi connectivity index (χ1v) is 8.30. The number of aliphatic carboxylic acids is 1. The van der Waals surface area contributed by atoms with Crippen molar-refractivity contribution in [1.29, 1.82) is 0 Å². The fraction of sp³-hybridized carbons (Fsp3) is 0.308. The molecule has 6 nitrogen and oxygen atoms in total. The number of nitrogens with one attached hydrogen (secondary N) is 1. The molecule has 0 aromatic carbocycles. The molecule has 3 heterocycles. The van der Waals surface area contributed by atoms with E-state index in [9.17, 15) is 18.8 Å². The number of β-lactam (4-membered cyclic amide) rings is 1. The van der Waals surface area contributed by atoms with Crippen LogP contribution in [0.15, 0.2) is 29.0 Å². The second-order valence-electron chi connectivity index (χ2n) is 4.77. The van der Waals surface area contributed by atoms with E-state index in [-0.39, 0.29) is 18.1 Å². The van der Waals surface area contributed by atoms with Crippen LogP contribution in [0.25, 0.3) is 0 Å². The molecule has 1 saturated heterocycles. The molecular weight excluding hydrogens is 331 g/mol. The zero-order valence-corrected chi connectivity index (χ0v) is 12.7. The maximum atomic E-state index is 13.6. The number of carbonyl (C=O) groups is 3. The van der Waals surface area contributed by atoms with Gasteiger partial charge in [-0.2, -0.15) is 0 Å². The largest absolute Gasteiger partial charge is 0.476 e. The number of rotatable bonds is 4. The third kappa shape index (κ3) is 2.50. The van der Waals surface area contributed by atoms with E-state index in [1.54, 1.807) is 0 Å². The van der Waals surface area contributed by atoms with Gasteiger partial charge in [-0.25, -0.2) is 9.18 Å². The first-order chi connectivity index (χ1) is 10.5. The fourth-order valence-electron chi connectivity index (χ4n) is 2.38. The zero-order valence-electron chi connectivity index (χ0n) is 11.1. The van der Waals surface area contributed by atoms with Crippen molar-refractivity contribution in [2.45, 2.75) is 17.8 Å². The summed E-state index contributed by atoms with van der Waals surface area (Å²) in [5.74, 6) is -3.32. The van der Waals surface area contributed by atoms with E-state index in [1.807, 2.05) is 17.5 Å². The van der Waals surface area contributed by atoms with Crippen molar-refractivity contribution in [3.63, 3.8) is 0 Å². The molecule has 116 valence electrons. The Labute approximate surface area is 133 Å². The van der Waals surface area contributed by atoms with Crippen LogP contribution in [0.5, 0.6) is 0 Å². The third-order valence-corrected chi connectivity index (χ3v) is 5.48. The molecular formula is C13H11FN2O4S2. The average Bonchev–Trinajstić information content (AvgIpc) is 2.97. The minimum absolute atomic E-state index is 0.118. The van der Waals surface area contributed by atoms with Crippen molar-refractivity contribution < 1.29 is 23.9 Å². The van der Waals surface area contributed by atoms with Gasteiger partial charge >= 0.3 is 5.97 Å². The van der Waals surface area contributed by atoms with Gasteiger partial charge in [-0.3, -0.25) is 14.5 Å². The van der Waals surface area contributed by atoms with Crippen LogP contribution in [0, 0.1) is 0 Å². The van der Waals surface area contributed by atoms with Gasteiger partial charge in [0.05, 0.1) is 6.42 Å². The Kier molecular flexibility index (Phi) is 3.92. The lowest BCUT2D eigenvalue weighted by Gasteiger charge is -2.48. The van der Waals surface area contributed by atoms with Crippen LogP contribution in [0.2, 0.25) is 0 Å². The van der Waals surface area contributed by atoms with Gasteiger partial charge in [0.1, 0.15) is 17.2 Å². The maximum absolute atomic E-state index is 13.6. The molecule has 0 aliphatic carbocycles. The Balaban J connectivity index is 1.68. The molecule has 2 atom stereocenters. The summed E-state index contributed by atoms with van der Waals surface area (Å²) in [6.07, 6.45) is 0.162. The fourth-order valence-corrected chi connectivity index (χ4v) is 4.27. The summed E-state index contributed by atoms with van der Waals surface area (Å²) in [6.45, 7) is 0. The number of thioether (sulfide) groups is 1. The highest BCUT2D eigenvalue weighted by molar-refractivity contribution is 8.00. The summed E-state index contributed by atoms with van der Waals surface area (Å²) in [5.41, 5.74) is -0.613. The summed E-state index contributed by atoms with van der Waals surface area (Å²) in [6, 6.07) is 2.84. The second-order valence-corrected chi connectivity index (χ2v) is 6.91. The number of fused-ring (bicyclic) bond motifs is 1. The number of nitrogens with zero attached hydrogens (tertiary/aromatic N) is 1. The molecule has 1 aromatic rings. The van der Waals surface area contributed by atoms with Crippen molar-refractivity contribution >= 4 is 40.9 Å². The normalized spacial score (nSPS) is 23.9. The lowest BCUT2D eigenvalue weighted by atomic mass is 10.0. The Morgan fingerprint density at radius 1 is 1.50 bits per heavy atom. The Bertz CT molecular complexity index is 674. The number of carboxylic acids is 1. The molecule has 2 aliphatic heterocycles. The third-order valence-electron chi connectivity index (χ3n) is 3.36. The molecule has 3 rings (SSSR count). The van der Waals surface area contributed by atoms with Crippen LogP contribution in [-0.4, -0.2) is 45.0 Å². The lowest BCUT2D eigenvalue weighted by Crippen LogP contribution is -2.70. The molecule has 22 heavy (non-hydrogen) atoms. The average molecular weight is 342 g/mol. The summed E-state index contributed by atoms with van der Waals surface area (Å²) in [4.78, 5) is 36.8. The molecule has 2 aliphatic rings. The number of hydrogen-bond acceptors (Lipinski definition) is 5. The van der Waals surface area contributed by atoms with Crippen molar-refractivity contribution in [3.05, 3.63) is 33.9 Å². The number of carbonyl (C=O) groups excluding carboxylic acids is 2. The quantitative estimate of drug-likeness (QED) is 0.796. The first-order valence-electron chi connectivity index (χ1n) is 6.37. The van der Waals surface area contributed by atoms with Gasteiger partial charge < -0.3 is 10.4 Å². The number of thiophene rings is 1. The van der Waals surface area contributed by atoms with E-state index in [0.717, 1.165) is 21.5 Å². The molecule has 0 radical (unpaired) electrons. The van der Waals surface area contributed by atoms with Gasteiger partial charge in [-0.15, -0.1) is 23.1 Å². The topological polar surface area (TPSA) is 86.7 Å². The van der Waals surface area contributed by atoms with Crippen molar-refractivity contribution in [3.8, 4) is 0 Å². The molecule has 2 N–H and O–H groups in total. The van der Waals surface area contributed by atoms with Crippen LogP contribution < -0.4 is 5.32 Å². The van der Waals surface area contributed by atoms with Gasteiger partial charge in [-0.1, -0.05) is 6.07 Å². The van der Waals surface area contributed by atoms with E-state index in [1.165, 1.54) is 11.3 Å². The van der Waals surface area contributed by atoms with Gasteiger partial charge in [-0.05, 0) is 11.4 Å². The summed E-state index contributed by atoms with van der Waals surface area (Å²) < 4.78 is 13.6. The molecule has 2 amide bonds. The van der Waals surface area contributed by atoms with E-state index < -0.39 is 34.8 Å². The Hall–Kier alpha value is -1.87. The maximum Gasteiger partial charge on any atom is 0.355 e. The van der Waals surface area contributed by atoms with Crippen molar-refractivity contribution in [2.75, 3.05) is 5.75 Å². The molecule has 9 heteroatoms. The van der Waals surface area contributed by atoms with Gasteiger partial charge in [0.25, 0.3) is 5.91 Å². The Morgan fingerprint density at radius 3 is 2.91 bits per heavy atom. The molecule has 1 unspecified atom stereocenters. The lowest BCUT2D eigenvalue weighted by molar-refractivity contribution is -0.150. The van der Waals surface area contributed by atoms with Gasteiger partial charge in [0, 0.05) is 10.6 Å². The van der Waals surface area contributed by atoms with Crippen LogP contribution in [0.4, 0.5) is 4.39 Å². The highest BCUT2D eigenvalue weighted by Gasteiger charge is 2.54. The van der Waals surface area contributed by atoms with Crippen LogP contribution in [0.3, 0.4) is 0 Å². The molecule has 0 saturated carbocycles. The second kappa shape index (κ2) is 5.73. The van der Waals surface area contributed by atoms with E-state index in [4.69, 9.17) is 5.11 Å². The van der Waals surface area contributed by atoms with Gasteiger partial charge in [0.15, 0.2) is 5.70 Å². The SMILES string of the molecule is O=C(Cc1cccs1)NC1C(=O)N2C(C(=O)O)=C(F)CS[C@H]12. The standard InChI is InChI=1S/C13H11FN2O4S2/c14-7-5-22-12-9(11(18)16(12)10(7)13(19)20)15-8(17)4-6-2-1-3-21-6/h1-3,9,12H,4-5H2,(H,15,17)(H,19,20)/t9?,12-/m1/s1. The van der Waals surface area contributed by atoms with E-state index in [2.05, 4.69) is 5.32 Å². The monoisotopic (exact) mass is 342 g/mol. The summed E-state index contributed by atoms with van der Waals surface area (Å²) in [5, 5.41) is 12.9. The van der Waals surface area contributed by atoms with Crippen molar-refractivity contribution in [2.24, 2.45) is 0 Å². The minimum Gasteiger partial charge on any atom is -0.476 e. The number of halogens is 1. The van der Waals surface area contributed by atoms with Crippen molar-refractivity contribution in [1.82, 2.24) is 10.2 Å². The highest BCUT2D eigenvalue weighted by Crippen LogP contribution is 2.40. The predicted molar refractivity (Wildman–Crippen MR) is 78.8 cm³/mol. The predicted octanol–water partition coefficient (Wildman–Crippen LogP) is 0.956. The number of carboxylic acid groups (broad SMARTS) is 1. The number of hydrogen-bond donors (Lipinski definition) is 2. The van der Waals surface area contributed by atoms with Crippen LogP contribution in [-0.2, 0) is 20.8 Å². The molecule has 1 fully saturated rings. The summed E-state index contributed by atoms with van der Waals surface area (Å²) >= 11 is 2.54. The minimum atomic E-state index is -1.47. The van der Waals surface area contributed by atoms with E-state index in [0.29, 0.717) is 0 Å².